The van der Waals surface area contributed by atoms with Crippen molar-refractivity contribution >= 4 is 24.0 Å². The van der Waals surface area contributed by atoms with Gasteiger partial charge < -0.3 is 19.5 Å². The van der Waals surface area contributed by atoms with Crippen LogP contribution in [0.15, 0.2) is 47.6 Å². The van der Waals surface area contributed by atoms with Gasteiger partial charge in [-0.25, -0.2) is 10.2 Å². The van der Waals surface area contributed by atoms with E-state index >= 15 is 0 Å². The van der Waals surface area contributed by atoms with E-state index in [-0.39, 0.29) is 11.8 Å². The molecular formula is C21H21N3O6. The highest BCUT2D eigenvalue weighted by Crippen LogP contribution is 2.28. The number of carbonyl (C=O) groups excluding carboxylic acids is 3. The summed E-state index contributed by atoms with van der Waals surface area (Å²) in [7, 11) is 2.97. The maximum atomic E-state index is 12.3. The number of hydrogen-bond donors (Lipinski definition) is 2. The van der Waals surface area contributed by atoms with Crippen LogP contribution in [-0.2, 0) is 9.59 Å². The minimum absolute atomic E-state index is 0.0876. The molecule has 9 heteroatoms. The van der Waals surface area contributed by atoms with Gasteiger partial charge in [-0.3, -0.25) is 9.59 Å². The van der Waals surface area contributed by atoms with E-state index in [1.165, 1.54) is 20.4 Å². The molecule has 0 bridgehead atoms. The molecule has 0 aliphatic heterocycles. The lowest BCUT2D eigenvalue weighted by atomic mass is 10.2. The molecule has 3 rings (SSSR count). The molecule has 1 aliphatic carbocycles. The third kappa shape index (κ3) is 5.57. The zero-order valence-corrected chi connectivity index (χ0v) is 16.5. The number of nitrogens with one attached hydrogen (secondary N) is 2. The van der Waals surface area contributed by atoms with Gasteiger partial charge in [0.2, 0.25) is 0 Å². The largest absolute Gasteiger partial charge is 0.497 e. The average Bonchev–Trinajstić information content (AvgIpc) is 3.58. The first-order valence-corrected chi connectivity index (χ1v) is 9.18. The Labute approximate surface area is 173 Å². The minimum atomic E-state index is -0.838. The predicted octanol–water partition coefficient (Wildman–Crippen LogP) is 1.65. The van der Waals surface area contributed by atoms with Crippen molar-refractivity contribution in [3.63, 3.8) is 0 Å². The second-order valence-electron chi connectivity index (χ2n) is 6.48. The van der Waals surface area contributed by atoms with Gasteiger partial charge in [0.15, 0.2) is 11.5 Å². The van der Waals surface area contributed by atoms with Crippen LogP contribution in [0.25, 0.3) is 0 Å². The van der Waals surface area contributed by atoms with Crippen molar-refractivity contribution in [3.8, 4) is 17.2 Å². The Balaban J connectivity index is 1.61. The molecule has 0 aromatic heterocycles. The first kappa shape index (κ1) is 20.8. The SMILES string of the molecule is COc1ccc(C(=O)Oc2ccc(/C=N\NC(=O)C(=O)NC3CC3)cc2OC)cc1. The Morgan fingerprint density at radius 1 is 0.967 bits per heavy atom. The summed E-state index contributed by atoms with van der Waals surface area (Å²) in [6, 6.07) is 11.3. The lowest BCUT2D eigenvalue weighted by Crippen LogP contribution is -2.38. The van der Waals surface area contributed by atoms with Gasteiger partial charge in [0.1, 0.15) is 5.75 Å². The van der Waals surface area contributed by atoms with Crippen molar-refractivity contribution < 1.29 is 28.6 Å². The standard InChI is InChI=1S/C21H21N3O6/c1-28-16-8-4-14(5-9-16)21(27)30-17-10-3-13(11-18(17)29-2)12-22-24-20(26)19(25)23-15-6-7-15/h3-5,8-12,15H,6-7H2,1-2H3,(H,23,25)(H,24,26)/b22-12-. The number of carbonyl (C=O) groups is 3. The van der Waals surface area contributed by atoms with Crippen LogP contribution < -0.4 is 25.0 Å². The van der Waals surface area contributed by atoms with Crippen molar-refractivity contribution in [2.45, 2.75) is 18.9 Å². The Bertz CT molecular complexity index is 967. The molecule has 1 saturated carbocycles. The molecule has 156 valence electrons. The summed E-state index contributed by atoms with van der Waals surface area (Å²) in [5, 5.41) is 6.33. The topological polar surface area (TPSA) is 115 Å². The number of methoxy groups -OCH3 is 2. The van der Waals surface area contributed by atoms with Crippen molar-refractivity contribution in [2.75, 3.05) is 14.2 Å². The molecule has 0 atom stereocenters. The normalized spacial score (nSPS) is 12.9. The summed E-state index contributed by atoms with van der Waals surface area (Å²) in [6.07, 6.45) is 3.12. The summed E-state index contributed by atoms with van der Waals surface area (Å²) in [5.41, 5.74) is 3.09. The zero-order valence-electron chi connectivity index (χ0n) is 16.5. The summed E-state index contributed by atoms with van der Waals surface area (Å²) < 4.78 is 15.7. The van der Waals surface area contributed by atoms with E-state index in [0.717, 1.165) is 12.8 Å². The number of amides is 2. The number of rotatable bonds is 7. The molecule has 1 fully saturated rings. The van der Waals surface area contributed by atoms with E-state index in [9.17, 15) is 14.4 Å². The molecule has 1 aliphatic rings. The fraction of sp³-hybridized carbons (Fsp3) is 0.238. The maximum absolute atomic E-state index is 12.3. The van der Waals surface area contributed by atoms with E-state index in [1.54, 1.807) is 42.5 Å². The third-order valence-electron chi connectivity index (χ3n) is 4.21. The highest BCUT2D eigenvalue weighted by Gasteiger charge is 2.26. The van der Waals surface area contributed by atoms with E-state index in [2.05, 4.69) is 15.8 Å². The van der Waals surface area contributed by atoms with Gasteiger partial charge in [-0.1, -0.05) is 0 Å². The Morgan fingerprint density at radius 3 is 2.33 bits per heavy atom. The van der Waals surface area contributed by atoms with E-state index in [0.29, 0.717) is 22.6 Å². The van der Waals surface area contributed by atoms with E-state index < -0.39 is 17.8 Å². The fourth-order valence-corrected chi connectivity index (χ4v) is 2.43. The van der Waals surface area contributed by atoms with Gasteiger partial charge in [0.05, 0.1) is 26.0 Å². The smallest absolute Gasteiger partial charge is 0.343 e. The van der Waals surface area contributed by atoms with Crippen LogP contribution >= 0.6 is 0 Å². The lowest BCUT2D eigenvalue weighted by molar-refractivity contribution is -0.139. The van der Waals surface area contributed by atoms with E-state index in [4.69, 9.17) is 14.2 Å². The molecule has 0 unspecified atom stereocenters. The number of benzene rings is 2. The molecule has 0 spiro atoms. The summed E-state index contributed by atoms with van der Waals surface area (Å²) >= 11 is 0. The molecular weight excluding hydrogens is 390 g/mol. The highest BCUT2D eigenvalue weighted by molar-refractivity contribution is 6.35. The van der Waals surface area contributed by atoms with Crippen molar-refractivity contribution in [1.82, 2.24) is 10.7 Å². The quantitative estimate of drug-likeness (QED) is 0.235. The van der Waals surface area contributed by atoms with Crippen LogP contribution in [0.1, 0.15) is 28.8 Å². The zero-order chi connectivity index (χ0) is 21.5. The Morgan fingerprint density at radius 2 is 1.70 bits per heavy atom. The minimum Gasteiger partial charge on any atom is -0.497 e. The third-order valence-corrected chi connectivity index (χ3v) is 4.21. The van der Waals surface area contributed by atoms with Crippen LogP contribution in [0.3, 0.4) is 0 Å². The van der Waals surface area contributed by atoms with Gasteiger partial charge >= 0.3 is 17.8 Å². The van der Waals surface area contributed by atoms with Crippen LogP contribution in [0.5, 0.6) is 17.2 Å². The second kappa shape index (κ2) is 9.55. The molecule has 2 amide bonds. The lowest BCUT2D eigenvalue weighted by Gasteiger charge is -2.10. The van der Waals surface area contributed by atoms with Gasteiger partial charge in [0, 0.05) is 6.04 Å². The number of nitrogens with zero attached hydrogens (tertiary/aromatic N) is 1. The highest BCUT2D eigenvalue weighted by atomic mass is 16.6. The first-order chi connectivity index (χ1) is 14.5. The fourth-order valence-electron chi connectivity index (χ4n) is 2.43. The maximum Gasteiger partial charge on any atom is 0.343 e. The van der Waals surface area contributed by atoms with Crippen LogP contribution in [0.2, 0.25) is 0 Å². The molecule has 2 aromatic rings. The summed E-state index contributed by atoms with van der Waals surface area (Å²) in [6.45, 7) is 0. The van der Waals surface area contributed by atoms with Crippen LogP contribution in [-0.4, -0.2) is 44.3 Å². The molecule has 0 heterocycles. The van der Waals surface area contributed by atoms with Crippen molar-refractivity contribution in [2.24, 2.45) is 5.10 Å². The Kier molecular flexibility index (Phi) is 6.63. The van der Waals surface area contributed by atoms with Crippen molar-refractivity contribution in [3.05, 3.63) is 53.6 Å². The average molecular weight is 411 g/mol. The summed E-state index contributed by atoms with van der Waals surface area (Å²) in [4.78, 5) is 35.5. The number of esters is 1. The second-order valence-corrected chi connectivity index (χ2v) is 6.48. The molecule has 0 radical (unpaired) electrons. The van der Waals surface area contributed by atoms with Crippen LogP contribution in [0.4, 0.5) is 0 Å². The molecule has 2 N–H and O–H groups in total. The number of ether oxygens (including phenoxy) is 3. The van der Waals surface area contributed by atoms with Gasteiger partial charge in [-0.15, -0.1) is 0 Å². The number of hydrogen-bond acceptors (Lipinski definition) is 7. The Hall–Kier alpha value is -3.88. The van der Waals surface area contributed by atoms with Gasteiger partial charge in [0.25, 0.3) is 0 Å². The molecule has 0 saturated heterocycles. The van der Waals surface area contributed by atoms with Crippen LogP contribution in [0, 0.1) is 0 Å². The van der Waals surface area contributed by atoms with Gasteiger partial charge in [-0.2, -0.15) is 5.10 Å². The monoisotopic (exact) mass is 411 g/mol. The van der Waals surface area contributed by atoms with Crippen molar-refractivity contribution in [1.29, 1.82) is 0 Å². The van der Waals surface area contributed by atoms with Gasteiger partial charge in [-0.05, 0) is 60.9 Å². The first-order valence-electron chi connectivity index (χ1n) is 9.18. The molecule has 2 aromatic carbocycles. The number of hydrazone groups is 1. The molecule has 9 nitrogen and oxygen atoms in total. The molecule has 30 heavy (non-hydrogen) atoms. The van der Waals surface area contributed by atoms with E-state index in [1.807, 2.05) is 0 Å². The predicted molar refractivity (Wildman–Crippen MR) is 108 cm³/mol. The summed E-state index contributed by atoms with van der Waals surface area (Å²) in [5.74, 6) is -0.943.